The number of alkyl halides is 2. The van der Waals surface area contributed by atoms with E-state index in [9.17, 15) is 0 Å². The maximum absolute atomic E-state index is 7.54. The predicted molar refractivity (Wildman–Crippen MR) is 113 cm³/mol. The van der Waals surface area contributed by atoms with Crippen LogP contribution in [0.2, 0.25) is 0 Å². The first-order valence-electron chi connectivity index (χ1n) is 7.34. The summed E-state index contributed by atoms with van der Waals surface area (Å²) in [5.41, 5.74) is 11.4. The lowest BCUT2D eigenvalue weighted by Gasteiger charge is -2.26. The zero-order valence-corrected chi connectivity index (χ0v) is 18.7. The molecule has 0 saturated carbocycles. The van der Waals surface area contributed by atoms with E-state index < -0.39 is 0 Å². The lowest BCUT2D eigenvalue weighted by Crippen LogP contribution is -2.69. The van der Waals surface area contributed by atoms with Gasteiger partial charge in [0.15, 0.2) is 5.17 Å². The largest absolute Gasteiger partial charge is 0.392 e. The fourth-order valence-electron chi connectivity index (χ4n) is 2.30. The van der Waals surface area contributed by atoms with Crippen molar-refractivity contribution in [3.8, 4) is 0 Å². The van der Waals surface area contributed by atoms with E-state index in [1.54, 1.807) is 11.8 Å². The van der Waals surface area contributed by atoms with Crippen LogP contribution in [-0.4, -0.2) is 35.5 Å². The highest BCUT2D eigenvalue weighted by atomic mass is 79.9. The molecule has 0 aliphatic heterocycles. The summed E-state index contributed by atoms with van der Waals surface area (Å²) in [4.78, 5) is 4.80. The van der Waals surface area contributed by atoms with Gasteiger partial charge < -0.3 is 5.73 Å². The van der Waals surface area contributed by atoms with Crippen LogP contribution in [0.5, 0.6) is 0 Å². The van der Waals surface area contributed by atoms with E-state index in [4.69, 9.17) is 21.5 Å². The Labute approximate surface area is 168 Å². The SMILES string of the molecule is C[C@@](CBr)(Cc1cccc(C[C@@](C)(CBr)SC(=[NH2+])[NH3+])n1)SC(=N)N. The number of quaternary nitrogens is 1. The number of nitrogens with two attached hydrogens (primary N) is 2. The Kier molecular flexibility index (Phi) is 8.75. The van der Waals surface area contributed by atoms with Gasteiger partial charge in [-0.05, 0) is 26.0 Å². The molecule has 8 N–H and O–H groups in total. The molecule has 5 nitrogen and oxygen atoms in total. The zero-order chi connectivity index (χ0) is 18.4. The van der Waals surface area contributed by atoms with Crippen LogP contribution in [-0.2, 0) is 12.8 Å². The van der Waals surface area contributed by atoms with E-state index in [1.807, 2.05) is 18.2 Å². The van der Waals surface area contributed by atoms with E-state index in [2.05, 4.69) is 51.4 Å². The first kappa shape index (κ1) is 22.0. The van der Waals surface area contributed by atoms with Crippen LogP contribution in [0.15, 0.2) is 18.2 Å². The van der Waals surface area contributed by atoms with Crippen molar-refractivity contribution in [2.24, 2.45) is 5.73 Å². The van der Waals surface area contributed by atoms with Crippen molar-refractivity contribution < 1.29 is 11.1 Å². The average Bonchev–Trinajstić information content (AvgIpc) is 2.45. The number of hydrogen-bond donors (Lipinski definition) is 4. The van der Waals surface area contributed by atoms with Crippen molar-refractivity contribution in [2.45, 2.75) is 36.2 Å². The molecular weight excluding hydrogens is 474 g/mol. The van der Waals surface area contributed by atoms with E-state index in [-0.39, 0.29) is 14.7 Å². The van der Waals surface area contributed by atoms with Gasteiger partial charge >= 0.3 is 5.17 Å². The number of nitrogens with zero attached hydrogens (tertiary/aromatic N) is 1. The molecule has 1 rings (SSSR count). The summed E-state index contributed by atoms with van der Waals surface area (Å²) in [6.07, 6.45) is 1.52. The third kappa shape index (κ3) is 7.43. The number of thioether (sulfide) groups is 2. The summed E-state index contributed by atoms with van der Waals surface area (Å²) in [6.45, 7) is 4.23. The van der Waals surface area contributed by atoms with Crippen molar-refractivity contribution >= 4 is 65.7 Å². The minimum atomic E-state index is -0.198. The van der Waals surface area contributed by atoms with Crippen LogP contribution in [0, 0.1) is 5.41 Å². The van der Waals surface area contributed by atoms with Gasteiger partial charge in [-0.15, -0.1) is 0 Å². The van der Waals surface area contributed by atoms with Crippen molar-refractivity contribution in [2.75, 3.05) is 10.7 Å². The molecule has 1 heterocycles. The van der Waals surface area contributed by atoms with Crippen LogP contribution in [0.1, 0.15) is 25.2 Å². The number of hydrogen-bond acceptors (Lipinski definition) is 4. The standard InChI is InChI=1S/C15H23Br2N5S2/c1-14(8-16,23-12(18)19)6-10-4-3-5-11(22-10)7-15(2,9-17)24-13(20)21/h3-5H,6-9H2,1-2H3,(H3,18,19)(H3,20,21)/p+2/t14-,15-/m0/s1. The Morgan fingerprint density at radius 2 is 1.67 bits per heavy atom. The molecule has 0 aliphatic rings. The maximum atomic E-state index is 7.54. The lowest BCUT2D eigenvalue weighted by molar-refractivity contribution is -0.290. The van der Waals surface area contributed by atoms with Gasteiger partial charge in [-0.2, -0.15) is 0 Å². The summed E-state index contributed by atoms with van der Waals surface area (Å²) in [5.74, 6) is 0. The highest BCUT2D eigenvalue weighted by Crippen LogP contribution is 2.32. The summed E-state index contributed by atoms with van der Waals surface area (Å²) in [5, 5.41) is 15.6. The molecule has 2 atom stereocenters. The molecule has 0 spiro atoms. The number of rotatable bonds is 8. The van der Waals surface area contributed by atoms with Crippen molar-refractivity contribution in [3.63, 3.8) is 0 Å². The summed E-state index contributed by atoms with van der Waals surface area (Å²) >= 11 is 10.0. The number of amidine groups is 2. The molecular formula is C15H25Br2N5S2+2. The summed E-state index contributed by atoms with van der Waals surface area (Å²) in [6, 6.07) is 6.08. The molecule has 0 radical (unpaired) electrons. The van der Waals surface area contributed by atoms with Gasteiger partial charge in [0, 0.05) is 56.1 Å². The smallest absolute Gasteiger partial charge is 0.379 e. The second-order valence-corrected chi connectivity index (χ2v) is 10.6. The van der Waals surface area contributed by atoms with E-state index >= 15 is 0 Å². The number of aromatic nitrogens is 1. The third-order valence-electron chi connectivity index (χ3n) is 3.27. The normalized spacial score (nSPS) is 16.2. The third-order valence-corrected chi connectivity index (χ3v) is 8.54. The van der Waals surface area contributed by atoms with Crippen molar-refractivity contribution in [3.05, 3.63) is 29.6 Å². The monoisotopic (exact) mass is 497 g/mol. The minimum absolute atomic E-state index is 0.0929. The molecule has 1 aromatic heterocycles. The molecule has 134 valence electrons. The van der Waals surface area contributed by atoms with Crippen LogP contribution < -0.4 is 16.9 Å². The van der Waals surface area contributed by atoms with Crippen LogP contribution in [0.25, 0.3) is 0 Å². The van der Waals surface area contributed by atoms with Crippen LogP contribution in [0.3, 0.4) is 0 Å². The van der Waals surface area contributed by atoms with Gasteiger partial charge in [-0.1, -0.05) is 49.7 Å². The first-order valence-corrected chi connectivity index (χ1v) is 11.2. The molecule has 0 unspecified atom stereocenters. The Balaban J connectivity index is 2.93. The van der Waals surface area contributed by atoms with E-state index in [0.717, 1.165) is 34.9 Å². The summed E-state index contributed by atoms with van der Waals surface area (Å²) < 4.78 is -0.291. The Morgan fingerprint density at radius 3 is 2.04 bits per heavy atom. The molecule has 0 aromatic carbocycles. The second-order valence-electron chi connectivity index (χ2n) is 6.18. The maximum Gasteiger partial charge on any atom is 0.392 e. The molecule has 9 heteroatoms. The number of nitrogens with one attached hydrogen (secondary N) is 1. The molecule has 0 saturated heterocycles. The quantitative estimate of drug-likeness (QED) is 0.244. The zero-order valence-electron chi connectivity index (χ0n) is 13.9. The Hall–Kier alpha value is -0.0900. The van der Waals surface area contributed by atoms with Crippen molar-refractivity contribution in [1.82, 2.24) is 4.98 Å². The van der Waals surface area contributed by atoms with Gasteiger partial charge in [0.05, 0.1) is 0 Å². The van der Waals surface area contributed by atoms with Crippen molar-refractivity contribution in [1.29, 1.82) is 5.41 Å². The molecule has 0 fully saturated rings. The lowest BCUT2D eigenvalue weighted by atomic mass is 10.0. The molecule has 0 aliphatic carbocycles. The van der Waals surface area contributed by atoms with E-state index in [1.165, 1.54) is 11.8 Å². The molecule has 0 bridgehead atoms. The minimum Gasteiger partial charge on any atom is -0.379 e. The Bertz CT molecular complexity index is 554. The van der Waals surface area contributed by atoms with Gasteiger partial charge in [0.1, 0.15) is 0 Å². The highest BCUT2D eigenvalue weighted by Gasteiger charge is 2.31. The first-order chi connectivity index (χ1) is 11.1. The molecule has 0 amide bonds. The second kappa shape index (κ2) is 9.56. The average molecular weight is 499 g/mol. The molecule has 24 heavy (non-hydrogen) atoms. The predicted octanol–water partition coefficient (Wildman–Crippen LogP) is 1.19. The van der Waals surface area contributed by atoms with Gasteiger partial charge in [-0.25, -0.2) is 5.41 Å². The fraction of sp³-hybridized carbons (Fsp3) is 0.533. The van der Waals surface area contributed by atoms with E-state index in [0.29, 0.717) is 5.17 Å². The Morgan fingerprint density at radius 1 is 1.21 bits per heavy atom. The highest BCUT2D eigenvalue weighted by molar-refractivity contribution is 9.09. The van der Waals surface area contributed by atoms with Gasteiger partial charge in [-0.3, -0.25) is 16.1 Å². The summed E-state index contributed by atoms with van der Waals surface area (Å²) in [7, 11) is 0. The fourth-order valence-corrected chi connectivity index (χ4v) is 5.09. The molecule has 1 aromatic rings. The van der Waals surface area contributed by atoms with Crippen LogP contribution >= 0.6 is 55.4 Å². The number of pyridine rings is 1. The van der Waals surface area contributed by atoms with Crippen LogP contribution in [0.4, 0.5) is 0 Å². The topological polar surface area (TPSA) is 116 Å². The number of halogens is 2. The van der Waals surface area contributed by atoms with Gasteiger partial charge in [0.2, 0.25) is 0 Å². The van der Waals surface area contributed by atoms with Gasteiger partial charge in [0.25, 0.3) is 0 Å².